The predicted molar refractivity (Wildman–Crippen MR) is 91.3 cm³/mol. The van der Waals surface area contributed by atoms with E-state index in [0.29, 0.717) is 22.1 Å². The largest absolute Gasteiger partial charge is 0.423 e. The lowest BCUT2D eigenvalue weighted by atomic mass is 10.1. The number of esters is 1. The molecule has 0 aliphatic heterocycles. The van der Waals surface area contributed by atoms with Gasteiger partial charge in [0.15, 0.2) is 0 Å². The summed E-state index contributed by atoms with van der Waals surface area (Å²) in [4.78, 5) is 24.0. The first-order valence-electron chi connectivity index (χ1n) is 7.39. The number of nitrogens with one attached hydrogen (secondary N) is 1. The van der Waals surface area contributed by atoms with Crippen LogP contribution >= 0.6 is 0 Å². The molecule has 0 aliphatic carbocycles. The van der Waals surface area contributed by atoms with Gasteiger partial charge in [-0.15, -0.1) is 0 Å². The molecule has 0 saturated heterocycles. The molecule has 0 unspecified atom stereocenters. The zero-order valence-corrected chi connectivity index (χ0v) is 12.5. The predicted octanol–water partition coefficient (Wildman–Crippen LogP) is 3.30. The number of hydrogen-bond donors (Lipinski definition) is 1. The lowest BCUT2D eigenvalue weighted by Crippen LogP contribution is -2.10. The fraction of sp³-hybridized carbons (Fsp3) is 0. The highest BCUT2D eigenvalue weighted by atomic mass is 16.5. The third-order valence-corrected chi connectivity index (χ3v) is 3.83. The third kappa shape index (κ3) is 2.52. The fourth-order valence-corrected chi connectivity index (χ4v) is 2.62. The number of fused-ring (bicyclic) bond motifs is 2. The summed E-state index contributed by atoms with van der Waals surface area (Å²) in [6.45, 7) is 0. The van der Waals surface area contributed by atoms with E-state index >= 15 is 0 Å². The molecule has 1 N–H and O–H groups in total. The van der Waals surface area contributed by atoms with Gasteiger partial charge in [-0.1, -0.05) is 30.3 Å². The standard InChI is InChI=1S/C19H12N2O3/c22-18-17-8-7-16(10-15(17)11-20-21-18)24-19(23)14-6-5-12-3-1-2-4-13(12)9-14/h1-11H,(H,21,22). The number of ether oxygens (including phenoxy) is 1. The number of rotatable bonds is 2. The lowest BCUT2D eigenvalue weighted by Gasteiger charge is -2.06. The Kier molecular flexibility index (Phi) is 3.31. The topological polar surface area (TPSA) is 72.1 Å². The Balaban J connectivity index is 1.66. The summed E-state index contributed by atoms with van der Waals surface area (Å²) < 4.78 is 5.42. The minimum atomic E-state index is -0.446. The van der Waals surface area contributed by atoms with Crippen molar-refractivity contribution in [2.24, 2.45) is 0 Å². The molecule has 0 aliphatic rings. The van der Waals surface area contributed by atoms with Crippen molar-refractivity contribution in [3.8, 4) is 5.75 Å². The van der Waals surface area contributed by atoms with Gasteiger partial charge in [-0.3, -0.25) is 4.79 Å². The number of carbonyl (C=O) groups is 1. The zero-order chi connectivity index (χ0) is 16.5. The average molecular weight is 316 g/mol. The fourth-order valence-electron chi connectivity index (χ4n) is 2.62. The number of aromatic nitrogens is 2. The van der Waals surface area contributed by atoms with Crippen LogP contribution < -0.4 is 10.3 Å². The molecule has 0 bridgehead atoms. The van der Waals surface area contributed by atoms with Crippen molar-refractivity contribution < 1.29 is 9.53 Å². The van der Waals surface area contributed by atoms with Crippen LogP contribution in [0.3, 0.4) is 0 Å². The van der Waals surface area contributed by atoms with E-state index in [4.69, 9.17) is 4.74 Å². The van der Waals surface area contributed by atoms with Crippen molar-refractivity contribution in [3.63, 3.8) is 0 Å². The highest BCUT2D eigenvalue weighted by molar-refractivity contribution is 5.96. The molecule has 0 radical (unpaired) electrons. The van der Waals surface area contributed by atoms with Crippen LogP contribution in [0.15, 0.2) is 71.7 Å². The maximum Gasteiger partial charge on any atom is 0.343 e. The van der Waals surface area contributed by atoms with Gasteiger partial charge in [0, 0.05) is 5.39 Å². The van der Waals surface area contributed by atoms with Crippen molar-refractivity contribution in [3.05, 3.63) is 82.8 Å². The molecule has 0 spiro atoms. The smallest absolute Gasteiger partial charge is 0.343 e. The Morgan fingerprint density at radius 1 is 0.917 bits per heavy atom. The molecule has 4 aromatic rings. The highest BCUT2D eigenvalue weighted by Crippen LogP contribution is 2.20. The summed E-state index contributed by atoms with van der Waals surface area (Å²) >= 11 is 0. The Labute approximate surface area is 136 Å². The molecule has 4 rings (SSSR count). The third-order valence-electron chi connectivity index (χ3n) is 3.83. The van der Waals surface area contributed by atoms with E-state index in [0.717, 1.165) is 10.8 Å². The van der Waals surface area contributed by atoms with Gasteiger partial charge in [0.1, 0.15) is 5.75 Å². The van der Waals surface area contributed by atoms with Crippen molar-refractivity contribution in [1.82, 2.24) is 10.2 Å². The molecule has 5 nitrogen and oxygen atoms in total. The number of nitrogens with zero attached hydrogens (tertiary/aromatic N) is 1. The lowest BCUT2D eigenvalue weighted by molar-refractivity contribution is 0.0735. The number of benzene rings is 3. The van der Waals surface area contributed by atoms with Crippen molar-refractivity contribution in [1.29, 1.82) is 0 Å². The van der Waals surface area contributed by atoms with Crippen molar-refractivity contribution in [2.75, 3.05) is 0 Å². The van der Waals surface area contributed by atoms with Gasteiger partial charge in [0.05, 0.1) is 17.1 Å². The van der Waals surface area contributed by atoms with Gasteiger partial charge in [-0.25, -0.2) is 9.89 Å². The van der Waals surface area contributed by atoms with Gasteiger partial charge < -0.3 is 4.74 Å². The quantitative estimate of drug-likeness (QED) is 0.455. The first-order valence-corrected chi connectivity index (χ1v) is 7.39. The molecular formula is C19H12N2O3. The van der Waals surface area contributed by atoms with E-state index in [1.807, 2.05) is 30.3 Å². The van der Waals surface area contributed by atoms with Gasteiger partial charge >= 0.3 is 5.97 Å². The summed E-state index contributed by atoms with van der Waals surface area (Å²) in [5.74, 6) is -0.0778. The monoisotopic (exact) mass is 316 g/mol. The molecule has 24 heavy (non-hydrogen) atoms. The highest BCUT2D eigenvalue weighted by Gasteiger charge is 2.10. The Morgan fingerprint density at radius 2 is 1.75 bits per heavy atom. The van der Waals surface area contributed by atoms with Gasteiger partial charge in [-0.05, 0) is 41.1 Å². The maximum absolute atomic E-state index is 12.4. The minimum Gasteiger partial charge on any atom is -0.423 e. The summed E-state index contributed by atoms with van der Waals surface area (Å²) in [5, 5.41) is 9.25. The summed E-state index contributed by atoms with van der Waals surface area (Å²) in [6.07, 6.45) is 1.52. The molecular weight excluding hydrogens is 304 g/mol. The number of H-pyrrole nitrogens is 1. The van der Waals surface area contributed by atoms with Crippen molar-refractivity contribution in [2.45, 2.75) is 0 Å². The molecule has 1 heterocycles. The van der Waals surface area contributed by atoms with E-state index in [-0.39, 0.29) is 5.56 Å². The van der Waals surface area contributed by atoms with E-state index in [9.17, 15) is 9.59 Å². The Bertz CT molecular complexity index is 1130. The minimum absolute atomic E-state index is 0.278. The van der Waals surface area contributed by atoms with Gasteiger partial charge in [-0.2, -0.15) is 5.10 Å². The summed E-state index contributed by atoms with van der Waals surface area (Å²) in [5.41, 5.74) is 0.192. The molecule has 5 heteroatoms. The Hall–Kier alpha value is -3.47. The number of hydrogen-bond acceptors (Lipinski definition) is 4. The molecule has 0 saturated carbocycles. The van der Waals surface area contributed by atoms with Crippen LogP contribution in [0.2, 0.25) is 0 Å². The van der Waals surface area contributed by atoms with Gasteiger partial charge in [0.2, 0.25) is 0 Å². The van der Waals surface area contributed by atoms with Crippen LogP contribution in [-0.2, 0) is 0 Å². The maximum atomic E-state index is 12.4. The molecule has 0 fully saturated rings. The number of aromatic amines is 1. The second-order valence-corrected chi connectivity index (χ2v) is 5.40. The second-order valence-electron chi connectivity index (χ2n) is 5.40. The average Bonchev–Trinajstić information content (AvgIpc) is 2.61. The molecule has 0 amide bonds. The number of carbonyl (C=O) groups excluding carboxylic acids is 1. The first-order chi connectivity index (χ1) is 11.7. The summed E-state index contributed by atoms with van der Waals surface area (Å²) in [6, 6.07) is 18.0. The molecule has 0 atom stereocenters. The second kappa shape index (κ2) is 5.62. The van der Waals surface area contributed by atoms with Crippen LogP contribution in [0, 0.1) is 0 Å². The molecule has 3 aromatic carbocycles. The van der Waals surface area contributed by atoms with E-state index in [1.54, 1.807) is 30.3 Å². The van der Waals surface area contributed by atoms with Crippen LogP contribution in [0.25, 0.3) is 21.5 Å². The SMILES string of the molecule is O=C(Oc1ccc2c(=O)[nH]ncc2c1)c1ccc2ccccc2c1. The van der Waals surface area contributed by atoms with E-state index in [1.165, 1.54) is 6.20 Å². The van der Waals surface area contributed by atoms with Crippen LogP contribution in [0.5, 0.6) is 5.75 Å². The normalized spacial score (nSPS) is 10.8. The molecule has 116 valence electrons. The van der Waals surface area contributed by atoms with Gasteiger partial charge in [0.25, 0.3) is 5.56 Å². The zero-order valence-electron chi connectivity index (χ0n) is 12.5. The summed E-state index contributed by atoms with van der Waals surface area (Å²) in [7, 11) is 0. The molecule has 1 aromatic heterocycles. The van der Waals surface area contributed by atoms with Crippen LogP contribution in [-0.4, -0.2) is 16.2 Å². The van der Waals surface area contributed by atoms with E-state index in [2.05, 4.69) is 10.2 Å². The van der Waals surface area contributed by atoms with Crippen molar-refractivity contribution >= 4 is 27.5 Å². The van der Waals surface area contributed by atoms with Crippen LogP contribution in [0.4, 0.5) is 0 Å². The van der Waals surface area contributed by atoms with Crippen LogP contribution in [0.1, 0.15) is 10.4 Å². The Morgan fingerprint density at radius 3 is 2.62 bits per heavy atom. The van der Waals surface area contributed by atoms with E-state index < -0.39 is 5.97 Å². The first kappa shape index (κ1) is 14.1.